The first-order valence-corrected chi connectivity index (χ1v) is 6.10. The number of halogens is 3. The van der Waals surface area contributed by atoms with Crippen molar-refractivity contribution in [1.82, 2.24) is 9.78 Å². The third-order valence-corrected chi connectivity index (χ3v) is 3.22. The zero-order valence-corrected chi connectivity index (χ0v) is 11.0. The minimum Gasteiger partial charge on any atom is -0.391 e. The molecule has 0 bridgehead atoms. The number of aromatic nitrogens is 2. The van der Waals surface area contributed by atoms with Gasteiger partial charge in [0.05, 0.1) is 13.2 Å². The number of hydrogen-bond donors (Lipinski definition) is 1. The number of nitrogens with zero attached hydrogens (tertiary/aromatic N) is 2. The molecule has 2 rings (SSSR count). The zero-order valence-electron chi connectivity index (χ0n) is 10.3. The summed E-state index contributed by atoms with van der Waals surface area (Å²) >= 11 is 5.97. The normalized spacial score (nSPS) is 11.3. The van der Waals surface area contributed by atoms with Crippen LogP contribution in [0.15, 0.2) is 24.3 Å². The van der Waals surface area contributed by atoms with Crippen LogP contribution in [0.5, 0.6) is 0 Å². The smallest absolute Gasteiger partial charge is 0.282 e. The average Bonchev–Trinajstić information content (AvgIpc) is 2.66. The minimum atomic E-state index is -2.75. The van der Waals surface area contributed by atoms with Gasteiger partial charge in [-0.05, 0) is 12.5 Å². The summed E-state index contributed by atoms with van der Waals surface area (Å²) in [7, 11) is 0. The van der Waals surface area contributed by atoms with Gasteiger partial charge in [-0.2, -0.15) is 5.10 Å². The number of alkyl halides is 2. The van der Waals surface area contributed by atoms with Gasteiger partial charge < -0.3 is 5.11 Å². The van der Waals surface area contributed by atoms with E-state index in [4.69, 9.17) is 16.7 Å². The average molecular weight is 287 g/mol. The summed E-state index contributed by atoms with van der Waals surface area (Å²) in [5, 5.41) is 12.9. The molecule has 1 N–H and O–H groups in total. The number of benzene rings is 1. The molecule has 1 aromatic heterocycles. The van der Waals surface area contributed by atoms with Gasteiger partial charge in [-0.25, -0.2) is 13.5 Å². The van der Waals surface area contributed by atoms with Crippen molar-refractivity contribution in [1.29, 1.82) is 0 Å². The Morgan fingerprint density at radius 1 is 1.42 bits per heavy atom. The monoisotopic (exact) mass is 286 g/mol. The van der Waals surface area contributed by atoms with Crippen molar-refractivity contribution >= 4 is 11.6 Å². The fourth-order valence-electron chi connectivity index (χ4n) is 1.91. The van der Waals surface area contributed by atoms with Crippen molar-refractivity contribution < 1.29 is 13.9 Å². The quantitative estimate of drug-likeness (QED) is 0.936. The van der Waals surface area contributed by atoms with Crippen molar-refractivity contribution in [2.75, 3.05) is 0 Å². The Morgan fingerprint density at radius 2 is 2.16 bits per heavy atom. The summed E-state index contributed by atoms with van der Waals surface area (Å²) < 4.78 is 26.8. The molecule has 0 aliphatic carbocycles. The Bertz CT molecular complexity index is 584. The fraction of sp³-hybridized carbons (Fsp3) is 0.308. The molecule has 3 nitrogen and oxygen atoms in total. The molecule has 1 heterocycles. The molecule has 0 aliphatic rings. The maximum absolute atomic E-state index is 12.8. The Morgan fingerprint density at radius 3 is 2.68 bits per heavy atom. The summed E-state index contributed by atoms with van der Waals surface area (Å²) in [6.07, 6.45) is -2.75. The number of aliphatic hydroxyl groups excluding tert-OH is 1. The lowest BCUT2D eigenvalue weighted by Crippen LogP contribution is -2.02. The Kier molecular flexibility index (Phi) is 4.17. The molecule has 102 valence electrons. The predicted octanol–water partition coefficient (Wildman–Crippen LogP) is 3.32. The lowest BCUT2D eigenvalue weighted by atomic mass is 10.1. The van der Waals surface area contributed by atoms with Crippen LogP contribution in [0, 0.1) is 6.92 Å². The van der Waals surface area contributed by atoms with Crippen molar-refractivity contribution in [2.45, 2.75) is 26.5 Å². The van der Waals surface area contributed by atoms with Gasteiger partial charge >= 0.3 is 0 Å². The van der Waals surface area contributed by atoms with E-state index in [0.717, 1.165) is 11.1 Å². The van der Waals surface area contributed by atoms with Gasteiger partial charge in [-0.1, -0.05) is 41.4 Å². The summed E-state index contributed by atoms with van der Waals surface area (Å²) in [5.74, 6) is 0. The van der Waals surface area contributed by atoms with Crippen LogP contribution in [-0.2, 0) is 13.2 Å². The molecule has 0 atom stereocenters. The number of aryl methyl sites for hydroxylation is 1. The van der Waals surface area contributed by atoms with Crippen molar-refractivity contribution in [3.05, 3.63) is 51.8 Å². The summed E-state index contributed by atoms with van der Waals surface area (Å²) in [6, 6.07) is 7.62. The van der Waals surface area contributed by atoms with Crippen molar-refractivity contribution in [2.24, 2.45) is 0 Å². The molecule has 19 heavy (non-hydrogen) atoms. The van der Waals surface area contributed by atoms with E-state index in [0.29, 0.717) is 6.54 Å². The molecule has 0 saturated heterocycles. The third-order valence-electron chi connectivity index (χ3n) is 2.79. The van der Waals surface area contributed by atoms with Gasteiger partial charge in [0.1, 0.15) is 10.8 Å². The van der Waals surface area contributed by atoms with Crippen LogP contribution in [-0.4, -0.2) is 14.9 Å². The summed E-state index contributed by atoms with van der Waals surface area (Å²) in [6.45, 7) is 1.69. The van der Waals surface area contributed by atoms with E-state index in [-0.39, 0.29) is 10.7 Å². The molecule has 0 unspecified atom stereocenters. The maximum Gasteiger partial charge on any atom is 0.282 e. The molecule has 6 heteroatoms. The van der Waals surface area contributed by atoms with Gasteiger partial charge in [0, 0.05) is 5.56 Å². The predicted molar refractivity (Wildman–Crippen MR) is 68.4 cm³/mol. The van der Waals surface area contributed by atoms with Crippen LogP contribution in [0.2, 0.25) is 5.15 Å². The molecule has 0 aliphatic heterocycles. The van der Waals surface area contributed by atoms with E-state index in [9.17, 15) is 8.78 Å². The highest BCUT2D eigenvalue weighted by atomic mass is 35.5. The Labute approximate surface area is 114 Å². The third kappa shape index (κ3) is 2.93. The van der Waals surface area contributed by atoms with E-state index in [1.165, 1.54) is 4.68 Å². The zero-order chi connectivity index (χ0) is 14.0. The van der Waals surface area contributed by atoms with Crippen molar-refractivity contribution in [3.63, 3.8) is 0 Å². The number of aliphatic hydroxyl groups is 1. The second-order valence-electron chi connectivity index (χ2n) is 4.26. The van der Waals surface area contributed by atoms with Crippen LogP contribution in [0.1, 0.15) is 28.8 Å². The highest BCUT2D eigenvalue weighted by Gasteiger charge is 2.22. The van der Waals surface area contributed by atoms with Crippen LogP contribution < -0.4 is 0 Å². The molecule has 0 amide bonds. The van der Waals surface area contributed by atoms with Crippen molar-refractivity contribution in [3.8, 4) is 0 Å². The first-order valence-electron chi connectivity index (χ1n) is 5.72. The van der Waals surface area contributed by atoms with E-state index in [1.54, 1.807) is 0 Å². The minimum absolute atomic E-state index is 0.00989. The number of rotatable bonds is 4. The van der Waals surface area contributed by atoms with Gasteiger partial charge in [0.15, 0.2) is 0 Å². The molecule has 0 spiro atoms. The summed E-state index contributed by atoms with van der Waals surface area (Å²) in [5.41, 5.74) is 1.51. The largest absolute Gasteiger partial charge is 0.391 e. The van der Waals surface area contributed by atoms with Crippen LogP contribution >= 0.6 is 11.6 Å². The number of hydrogen-bond acceptors (Lipinski definition) is 2. The summed E-state index contributed by atoms with van der Waals surface area (Å²) in [4.78, 5) is 0. The molecule has 0 saturated carbocycles. The van der Waals surface area contributed by atoms with E-state index in [1.807, 2.05) is 31.2 Å². The van der Waals surface area contributed by atoms with Crippen LogP contribution in [0.25, 0.3) is 0 Å². The van der Waals surface area contributed by atoms with E-state index in [2.05, 4.69) is 5.10 Å². The van der Waals surface area contributed by atoms with Crippen LogP contribution in [0.3, 0.4) is 0 Å². The second kappa shape index (κ2) is 5.67. The standard InChI is InChI=1S/C13H13ClF2N2O/c1-8-3-2-4-9(5-8)6-18-12(14)10(7-19)11(17-18)13(15)16/h2-5,13,19H,6-7H2,1H3. The highest BCUT2D eigenvalue weighted by Crippen LogP contribution is 2.28. The van der Waals surface area contributed by atoms with Gasteiger partial charge in [0.25, 0.3) is 6.43 Å². The van der Waals surface area contributed by atoms with Gasteiger partial charge in [-0.15, -0.1) is 0 Å². The highest BCUT2D eigenvalue weighted by molar-refractivity contribution is 6.30. The first-order chi connectivity index (χ1) is 9.02. The topological polar surface area (TPSA) is 38.0 Å². The van der Waals surface area contributed by atoms with E-state index < -0.39 is 18.7 Å². The van der Waals surface area contributed by atoms with Gasteiger partial charge in [-0.3, -0.25) is 0 Å². The molecular formula is C13H13ClF2N2O. The molecule has 1 aromatic carbocycles. The van der Waals surface area contributed by atoms with Crippen LogP contribution in [0.4, 0.5) is 8.78 Å². The Balaban J connectivity index is 2.35. The second-order valence-corrected chi connectivity index (χ2v) is 4.62. The molecular weight excluding hydrogens is 274 g/mol. The Hall–Kier alpha value is -1.46. The molecule has 2 aromatic rings. The lowest BCUT2D eigenvalue weighted by molar-refractivity contribution is 0.141. The lowest BCUT2D eigenvalue weighted by Gasteiger charge is -2.04. The van der Waals surface area contributed by atoms with E-state index >= 15 is 0 Å². The first kappa shape index (κ1) is 14.0. The van der Waals surface area contributed by atoms with Gasteiger partial charge in [0.2, 0.25) is 0 Å². The molecule has 0 radical (unpaired) electrons. The SMILES string of the molecule is Cc1cccc(Cn2nc(C(F)F)c(CO)c2Cl)c1. The molecule has 0 fully saturated rings. The fourth-order valence-corrected chi connectivity index (χ4v) is 2.16. The maximum atomic E-state index is 12.8.